The minimum absolute atomic E-state index is 0. The fraction of sp³-hybridized carbons (Fsp3) is 0. The molecule has 0 spiro atoms. The van der Waals surface area contributed by atoms with E-state index in [0.717, 1.165) is 0 Å². The second-order valence-corrected chi connectivity index (χ2v) is 0.848. The second kappa shape index (κ2) is 15.7. The molecule has 2 N–H and O–H groups in total. The molecule has 0 heterocycles. The predicted octanol–water partition coefficient (Wildman–Crippen LogP) is -7.32. The zero-order valence-corrected chi connectivity index (χ0v) is 10.9. The summed E-state index contributed by atoms with van der Waals surface area (Å²) in [6, 6.07) is 0. The van der Waals surface area contributed by atoms with Gasteiger partial charge in [0.1, 0.15) is 0 Å². The van der Waals surface area contributed by atoms with Gasteiger partial charge >= 0.3 is 68.3 Å². The van der Waals surface area contributed by atoms with E-state index in [-0.39, 0.29) is 71.9 Å². The first-order valence-corrected chi connectivity index (χ1v) is 1.95. The van der Waals surface area contributed by atoms with E-state index in [0.29, 0.717) is 0 Å². The molecule has 1 atom stereocenters. The molecule has 7 heavy (non-hydrogen) atoms. The fourth-order valence-corrected chi connectivity index (χ4v) is 0. The van der Waals surface area contributed by atoms with Gasteiger partial charge in [-0.1, -0.05) is 0 Å². The number of rotatable bonds is 0. The van der Waals surface area contributed by atoms with Gasteiger partial charge in [-0.05, 0) is 0 Å². The van der Waals surface area contributed by atoms with Crippen molar-refractivity contribution in [2.75, 3.05) is 0 Å². The zero-order valence-electron chi connectivity index (χ0n) is 6.51. The molecule has 3 nitrogen and oxygen atoms in total. The third kappa shape index (κ3) is 70.2. The molecule has 0 aromatic rings. The molecule has 0 fully saturated rings. The molecular weight excluding hydrogens is 153 g/mol. The smallest absolute Gasteiger partial charge is 1.00 e. The summed E-state index contributed by atoms with van der Waals surface area (Å²) in [5.41, 5.74) is 0. The molecule has 0 aliphatic carbocycles. The maximum atomic E-state index is 8.74. The van der Waals surface area contributed by atoms with Crippen LogP contribution in [-0.2, 0) is 4.46 Å². The standard InChI is InChI=1S/2Na.H2O3Si.H3P.2H/c;;1-4(2)3;;;/h;;1-2H;1H3;;/q2*+1;;;2*-1. The first-order chi connectivity index (χ1) is 1.73. The van der Waals surface area contributed by atoms with Crippen LogP contribution in [0.4, 0.5) is 0 Å². The van der Waals surface area contributed by atoms with Gasteiger partial charge in [0.05, 0.1) is 0 Å². The minimum Gasteiger partial charge on any atom is -1.00 e. The van der Waals surface area contributed by atoms with Gasteiger partial charge in [0.15, 0.2) is 0 Å². The third-order valence-corrected chi connectivity index (χ3v) is 0. The Morgan fingerprint density at radius 1 is 1.29 bits per heavy atom. The summed E-state index contributed by atoms with van der Waals surface area (Å²) < 4.78 is 8.74. The van der Waals surface area contributed by atoms with Gasteiger partial charge in [-0.2, -0.15) is 9.90 Å². The van der Waals surface area contributed by atoms with Crippen LogP contribution in [0.15, 0.2) is 0 Å². The maximum absolute atomic E-state index is 8.74. The van der Waals surface area contributed by atoms with Crippen molar-refractivity contribution in [3.8, 4) is 0 Å². The van der Waals surface area contributed by atoms with Crippen LogP contribution in [0.1, 0.15) is 2.85 Å². The maximum Gasteiger partial charge on any atom is 1.00 e. The van der Waals surface area contributed by atoms with Gasteiger partial charge in [0.25, 0.3) is 0 Å². The minimum atomic E-state index is -3.13. The summed E-state index contributed by atoms with van der Waals surface area (Å²) in [6.07, 6.45) is 0. The topological polar surface area (TPSA) is 57.5 Å². The van der Waals surface area contributed by atoms with Crippen LogP contribution >= 0.6 is 9.90 Å². The molecule has 0 rings (SSSR count). The van der Waals surface area contributed by atoms with Gasteiger partial charge < -0.3 is 12.4 Å². The van der Waals surface area contributed by atoms with Crippen molar-refractivity contribution >= 4 is 19.1 Å². The quantitative estimate of drug-likeness (QED) is 0.273. The van der Waals surface area contributed by atoms with Crippen molar-refractivity contribution in [2.45, 2.75) is 0 Å². The monoisotopic (exact) mass is 160 g/mol. The van der Waals surface area contributed by atoms with Gasteiger partial charge in [0.2, 0.25) is 0 Å². The Morgan fingerprint density at radius 2 is 1.29 bits per heavy atom. The number of hydrogen-bond donors (Lipinski definition) is 2. The predicted molar refractivity (Wildman–Crippen MR) is 24.2 cm³/mol. The summed E-state index contributed by atoms with van der Waals surface area (Å²) in [5.74, 6) is 0. The first kappa shape index (κ1) is 23.0. The normalized spacial score (nSPS) is 3.43. The molecule has 1 unspecified atom stereocenters. The van der Waals surface area contributed by atoms with Crippen molar-refractivity contribution in [1.82, 2.24) is 0 Å². The van der Waals surface area contributed by atoms with Gasteiger partial charge in [-0.3, -0.25) is 4.46 Å². The third-order valence-electron chi connectivity index (χ3n) is 0. The molecule has 0 aliphatic heterocycles. The van der Waals surface area contributed by atoms with Gasteiger partial charge in [-0.25, -0.2) is 0 Å². The molecule has 0 bridgehead atoms. The van der Waals surface area contributed by atoms with Crippen molar-refractivity contribution in [3.63, 3.8) is 0 Å². The van der Waals surface area contributed by atoms with Crippen molar-refractivity contribution in [1.29, 1.82) is 0 Å². The summed E-state index contributed by atoms with van der Waals surface area (Å²) in [5, 5.41) is 0. The molecule has 0 saturated carbocycles. The summed E-state index contributed by atoms with van der Waals surface area (Å²) in [4.78, 5) is 14.3. The summed E-state index contributed by atoms with van der Waals surface area (Å²) in [7, 11) is -3.13. The van der Waals surface area contributed by atoms with Gasteiger partial charge in [0, 0.05) is 0 Å². The van der Waals surface area contributed by atoms with E-state index in [1.165, 1.54) is 0 Å². The largest absolute Gasteiger partial charge is 1.00 e. The van der Waals surface area contributed by atoms with Crippen LogP contribution in [0.25, 0.3) is 0 Å². The van der Waals surface area contributed by atoms with Crippen LogP contribution in [0, 0.1) is 0 Å². The number of hydrogen-bond acceptors (Lipinski definition) is 1. The average Bonchev–Trinajstić information content (AvgIpc) is 0.811. The molecule has 0 aromatic heterocycles. The Morgan fingerprint density at radius 3 is 1.29 bits per heavy atom. The molecule has 0 amide bonds. The Labute approximate surface area is 94.0 Å². The van der Waals surface area contributed by atoms with E-state index in [4.69, 9.17) is 14.1 Å². The van der Waals surface area contributed by atoms with Crippen molar-refractivity contribution in [3.05, 3.63) is 0 Å². The molecular formula is H7Na2O3PSi. The van der Waals surface area contributed by atoms with Crippen molar-refractivity contribution in [2.24, 2.45) is 0 Å². The van der Waals surface area contributed by atoms with Crippen LogP contribution in [0.5, 0.6) is 0 Å². The fourth-order valence-electron chi connectivity index (χ4n) is 0. The van der Waals surface area contributed by atoms with E-state index in [1.807, 2.05) is 0 Å². The van der Waals surface area contributed by atoms with Crippen LogP contribution in [0.2, 0.25) is 0 Å². The first-order valence-electron chi connectivity index (χ1n) is 0.651. The summed E-state index contributed by atoms with van der Waals surface area (Å²) in [6.45, 7) is 0. The molecule has 0 aliphatic rings. The zero-order chi connectivity index (χ0) is 3.58. The van der Waals surface area contributed by atoms with Gasteiger partial charge in [-0.15, -0.1) is 0 Å². The van der Waals surface area contributed by atoms with E-state index in [9.17, 15) is 0 Å². The van der Waals surface area contributed by atoms with E-state index >= 15 is 0 Å². The van der Waals surface area contributed by atoms with E-state index < -0.39 is 9.17 Å². The molecule has 0 saturated heterocycles. The average molecular weight is 160 g/mol. The molecule has 36 valence electrons. The van der Waals surface area contributed by atoms with E-state index in [1.54, 1.807) is 0 Å². The van der Waals surface area contributed by atoms with E-state index in [2.05, 4.69) is 0 Å². The van der Waals surface area contributed by atoms with Crippen molar-refractivity contribution < 1.29 is 76.0 Å². The molecule has 0 aromatic carbocycles. The Kier molecular flexibility index (Phi) is 51.5. The molecule has 7 heteroatoms. The molecule has 0 radical (unpaired) electrons. The second-order valence-electron chi connectivity index (χ2n) is 0.283. The van der Waals surface area contributed by atoms with Crippen LogP contribution < -0.4 is 59.1 Å². The SMILES string of the molecule is O=[Si](O)O.P.[H-].[H-].[Na+].[Na+]. The Hall–Kier alpha value is 2.05. The van der Waals surface area contributed by atoms with Crippen LogP contribution in [-0.4, -0.2) is 18.8 Å². The Bertz CT molecular complexity index is 42.8. The van der Waals surface area contributed by atoms with Crippen LogP contribution in [0.3, 0.4) is 0 Å². The Balaban J connectivity index is -0.00000000450. The summed E-state index contributed by atoms with van der Waals surface area (Å²) >= 11 is 0.